The number of nitrogens with zero attached hydrogens (tertiary/aromatic N) is 3. The first-order valence-electron chi connectivity index (χ1n) is 13.6. The molecule has 1 unspecified atom stereocenters. The number of benzene rings is 1. The molecule has 1 aliphatic carbocycles. The number of carbonyl (C=O) groups excluding carboxylic acids is 2. The highest BCUT2D eigenvalue weighted by Crippen LogP contribution is 2.46. The minimum absolute atomic E-state index is 0.0188. The predicted octanol–water partition coefficient (Wildman–Crippen LogP) is 3.23. The van der Waals surface area contributed by atoms with Gasteiger partial charge in [0.05, 0.1) is 12.0 Å². The van der Waals surface area contributed by atoms with Gasteiger partial charge in [-0.05, 0) is 62.6 Å². The van der Waals surface area contributed by atoms with Crippen molar-refractivity contribution >= 4 is 17.5 Å². The SMILES string of the molecule is O=C1CC(C(=O)N2CCCC3=C[C@H]4C[C@@H](CN5CCCC[C@H]45)[C@@H]32)CN1c1ccc2c(c1)OCCO2. The highest BCUT2D eigenvalue weighted by Gasteiger charge is 2.48. The topological polar surface area (TPSA) is 62.3 Å². The summed E-state index contributed by atoms with van der Waals surface area (Å²) in [6.07, 6.45) is 10.2. The number of carbonyl (C=O) groups is 2. The maximum Gasteiger partial charge on any atom is 0.228 e. The van der Waals surface area contributed by atoms with Crippen molar-refractivity contribution in [2.75, 3.05) is 44.3 Å². The molecule has 2 bridgehead atoms. The van der Waals surface area contributed by atoms with Crippen molar-refractivity contribution in [2.24, 2.45) is 17.8 Å². The summed E-state index contributed by atoms with van der Waals surface area (Å²) in [4.78, 5) is 33.6. The van der Waals surface area contributed by atoms with Crippen LogP contribution in [0.1, 0.15) is 44.9 Å². The number of hydrogen-bond donors (Lipinski definition) is 0. The van der Waals surface area contributed by atoms with Crippen molar-refractivity contribution < 1.29 is 19.1 Å². The van der Waals surface area contributed by atoms with Gasteiger partial charge in [0.25, 0.3) is 0 Å². The molecule has 1 aromatic rings. The van der Waals surface area contributed by atoms with Crippen LogP contribution in [0.2, 0.25) is 0 Å². The second-order valence-corrected chi connectivity index (χ2v) is 11.3. The van der Waals surface area contributed by atoms with E-state index in [1.165, 1.54) is 37.8 Å². The quantitative estimate of drug-likeness (QED) is 0.612. The van der Waals surface area contributed by atoms with Crippen molar-refractivity contribution in [3.63, 3.8) is 0 Å². The monoisotopic (exact) mass is 477 g/mol. The van der Waals surface area contributed by atoms with Gasteiger partial charge in [-0.1, -0.05) is 18.1 Å². The third-order valence-electron chi connectivity index (χ3n) is 9.25. The van der Waals surface area contributed by atoms with Crippen LogP contribution >= 0.6 is 0 Å². The number of rotatable bonds is 2. The van der Waals surface area contributed by atoms with Crippen molar-refractivity contribution in [3.05, 3.63) is 29.8 Å². The van der Waals surface area contributed by atoms with Gasteiger partial charge in [-0.25, -0.2) is 0 Å². The summed E-state index contributed by atoms with van der Waals surface area (Å²) >= 11 is 0. The van der Waals surface area contributed by atoms with Crippen LogP contribution in [0, 0.1) is 17.8 Å². The highest BCUT2D eigenvalue weighted by atomic mass is 16.6. The average Bonchev–Trinajstić information content (AvgIpc) is 3.29. The van der Waals surface area contributed by atoms with E-state index in [0.29, 0.717) is 49.1 Å². The molecular weight excluding hydrogens is 442 g/mol. The minimum Gasteiger partial charge on any atom is -0.486 e. The van der Waals surface area contributed by atoms with E-state index in [0.717, 1.165) is 31.6 Å². The minimum atomic E-state index is -0.279. The lowest BCUT2D eigenvalue weighted by atomic mass is 9.68. The van der Waals surface area contributed by atoms with E-state index in [4.69, 9.17) is 9.47 Å². The van der Waals surface area contributed by atoms with Crippen LogP contribution in [-0.4, -0.2) is 73.1 Å². The molecule has 5 aliphatic heterocycles. The number of amides is 2. The summed E-state index contributed by atoms with van der Waals surface area (Å²) < 4.78 is 11.3. The van der Waals surface area contributed by atoms with Gasteiger partial charge in [-0.3, -0.25) is 14.5 Å². The maximum atomic E-state index is 13.9. The van der Waals surface area contributed by atoms with Gasteiger partial charge in [-0.15, -0.1) is 0 Å². The van der Waals surface area contributed by atoms with E-state index in [1.54, 1.807) is 4.90 Å². The third kappa shape index (κ3) is 3.65. The molecule has 7 nitrogen and oxygen atoms in total. The Morgan fingerprint density at radius 3 is 2.80 bits per heavy atom. The van der Waals surface area contributed by atoms with Crippen molar-refractivity contribution in [1.82, 2.24) is 9.80 Å². The molecule has 0 saturated carbocycles. The molecule has 4 fully saturated rings. The fourth-order valence-electron chi connectivity index (χ4n) is 7.78. The smallest absolute Gasteiger partial charge is 0.228 e. The molecule has 1 aromatic carbocycles. The van der Waals surface area contributed by atoms with E-state index < -0.39 is 0 Å². The van der Waals surface area contributed by atoms with E-state index >= 15 is 0 Å². The predicted molar refractivity (Wildman–Crippen MR) is 132 cm³/mol. The van der Waals surface area contributed by atoms with Crippen LogP contribution in [0.4, 0.5) is 5.69 Å². The second-order valence-electron chi connectivity index (χ2n) is 11.3. The van der Waals surface area contributed by atoms with Crippen molar-refractivity contribution in [3.8, 4) is 11.5 Å². The van der Waals surface area contributed by atoms with E-state index in [-0.39, 0.29) is 30.2 Å². The third-order valence-corrected chi connectivity index (χ3v) is 9.25. The molecule has 0 aromatic heterocycles. The number of likely N-dealkylation sites (tertiary alicyclic amines) is 1. The summed E-state index contributed by atoms with van der Waals surface area (Å²) in [5, 5.41) is 0. The van der Waals surface area contributed by atoms with Gasteiger partial charge < -0.3 is 19.3 Å². The molecule has 4 saturated heterocycles. The van der Waals surface area contributed by atoms with E-state index in [1.807, 2.05) is 18.2 Å². The Balaban J connectivity index is 1.11. The molecule has 6 aliphatic rings. The summed E-state index contributed by atoms with van der Waals surface area (Å²) in [6.45, 7) is 4.65. The lowest BCUT2D eigenvalue weighted by molar-refractivity contribution is -0.140. The Labute approximate surface area is 207 Å². The van der Waals surface area contributed by atoms with Gasteiger partial charge in [0.1, 0.15) is 13.2 Å². The highest BCUT2D eigenvalue weighted by molar-refractivity contribution is 6.00. The molecule has 5 atom stereocenters. The normalized spacial score (nSPS) is 34.2. The van der Waals surface area contributed by atoms with Gasteiger partial charge >= 0.3 is 0 Å². The second kappa shape index (κ2) is 8.54. The van der Waals surface area contributed by atoms with Crippen LogP contribution in [0.25, 0.3) is 0 Å². The summed E-state index contributed by atoms with van der Waals surface area (Å²) in [5.74, 6) is 2.49. The Morgan fingerprint density at radius 2 is 1.89 bits per heavy atom. The Morgan fingerprint density at radius 1 is 1.00 bits per heavy atom. The molecular formula is C28H35N3O4. The van der Waals surface area contributed by atoms with Gasteiger partial charge in [0.15, 0.2) is 11.5 Å². The average molecular weight is 478 g/mol. The van der Waals surface area contributed by atoms with Gasteiger partial charge in [-0.2, -0.15) is 0 Å². The first-order chi connectivity index (χ1) is 17.2. The van der Waals surface area contributed by atoms with Crippen LogP contribution in [0.5, 0.6) is 11.5 Å². The van der Waals surface area contributed by atoms with Crippen LogP contribution < -0.4 is 14.4 Å². The zero-order valence-corrected chi connectivity index (χ0v) is 20.4. The zero-order chi connectivity index (χ0) is 23.5. The lowest BCUT2D eigenvalue weighted by Crippen LogP contribution is -2.60. The number of fused-ring (bicyclic) bond motifs is 7. The summed E-state index contributed by atoms with van der Waals surface area (Å²) in [7, 11) is 0. The molecule has 7 heteroatoms. The fourth-order valence-corrected chi connectivity index (χ4v) is 7.78. The zero-order valence-electron chi connectivity index (χ0n) is 20.4. The Bertz CT molecular complexity index is 1070. The number of ether oxygens (including phenoxy) is 2. The molecule has 5 heterocycles. The van der Waals surface area contributed by atoms with Gasteiger partial charge in [0, 0.05) is 43.9 Å². The van der Waals surface area contributed by atoms with Gasteiger partial charge in [0.2, 0.25) is 11.8 Å². The van der Waals surface area contributed by atoms with Crippen molar-refractivity contribution in [2.45, 2.75) is 57.0 Å². The first kappa shape index (κ1) is 21.7. The maximum absolute atomic E-state index is 13.9. The molecule has 35 heavy (non-hydrogen) atoms. The number of piperidine rings is 3. The standard InChI is InChI=1S/C28H35N3O4/c32-26-14-21(17-31(26)22-6-7-24-25(15-22)35-11-10-34-24)28(33)30-9-3-4-18-12-19-13-20(27(18)30)16-29-8-2-1-5-23(19)29/h6-7,12,15,19-21,23,27H,1-5,8-11,13-14,16-17H2/t19-,20-,21?,23+,27+/m0/s1. The van der Waals surface area contributed by atoms with E-state index in [9.17, 15) is 9.59 Å². The first-order valence-corrected chi connectivity index (χ1v) is 13.6. The number of hydrogen-bond acceptors (Lipinski definition) is 5. The molecule has 186 valence electrons. The molecule has 0 N–H and O–H groups in total. The molecule has 0 spiro atoms. The Hall–Kier alpha value is -2.54. The largest absolute Gasteiger partial charge is 0.486 e. The summed E-state index contributed by atoms with van der Waals surface area (Å²) in [5.41, 5.74) is 2.29. The molecule has 2 amide bonds. The Kier molecular flexibility index (Phi) is 5.30. The lowest BCUT2D eigenvalue weighted by Gasteiger charge is -2.55. The van der Waals surface area contributed by atoms with Crippen LogP contribution in [0.3, 0.4) is 0 Å². The van der Waals surface area contributed by atoms with Crippen molar-refractivity contribution in [1.29, 1.82) is 0 Å². The molecule has 0 radical (unpaired) electrons. The number of anilines is 1. The fraction of sp³-hybridized carbons (Fsp3) is 0.643. The molecule has 7 rings (SSSR count). The summed E-state index contributed by atoms with van der Waals surface area (Å²) in [6, 6.07) is 6.58. The van der Waals surface area contributed by atoms with E-state index in [2.05, 4.69) is 15.9 Å². The van der Waals surface area contributed by atoms with Crippen LogP contribution in [-0.2, 0) is 9.59 Å². The van der Waals surface area contributed by atoms with Crippen LogP contribution in [0.15, 0.2) is 29.8 Å².